The van der Waals surface area contributed by atoms with E-state index in [9.17, 15) is 19.5 Å². The maximum atomic E-state index is 12.7. The van der Waals surface area contributed by atoms with Crippen molar-refractivity contribution < 1.29 is 19.4 Å². The Morgan fingerprint density at radius 1 is 1.33 bits per heavy atom. The Labute approximate surface area is 173 Å². The number of nitrogens with zero attached hydrogens (tertiary/aromatic N) is 3. The maximum absolute atomic E-state index is 12.7. The van der Waals surface area contributed by atoms with Crippen molar-refractivity contribution in [2.45, 2.75) is 33.7 Å². The third kappa shape index (κ3) is 5.52. The standard InChI is InChI=1S/C21H24N4O5/c1-13-23-18(8-19(28)25(13)11-15(27)9-21(2,3)12-26)16-6-5-14(10-22)7-17(16)24-20(29)30-4/h5-8,26H,9,11-12H2,1-4H3,(H,24,29). The molecule has 0 fully saturated rings. The Balaban J connectivity index is 2.42. The van der Waals surface area contributed by atoms with Gasteiger partial charge >= 0.3 is 6.09 Å². The molecule has 0 saturated carbocycles. The van der Waals surface area contributed by atoms with Crippen molar-refractivity contribution in [3.05, 3.63) is 46.0 Å². The molecule has 9 nitrogen and oxygen atoms in total. The van der Waals surface area contributed by atoms with Crippen LogP contribution in [0.5, 0.6) is 0 Å². The van der Waals surface area contributed by atoms with Crippen LogP contribution in [0.4, 0.5) is 10.5 Å². The lowest BCUT2D eigenvalue weighted by molar-refractivity contribution is -0.122. The molecule has 0 saturated heterocycles. The van der Waals surface area contributed by atoms with Gasteiger partial charge in [-0.05, 0) is 30.5 Å². The number of anilines is 1. The van der Waals surface area contributed by atoms with E-state index in [0.717, 1.165) is 0 Å². The number of aromatic nitrogens is 2. The highest BCUT2D eigenvalue weighted by Gasteiger charge is 2.22. The molecule has 0 aliphatic carbocycles. The van der Waals surface area contributed by atoms with Crippen LogP contribution in [0.25, 0.3) is 11.3 Å². The number of hydrogen-bond acceptors (Lipinski definition) is 7. The number of Topliss-reactive ketones (excluding diaryl/α,β-unsaturated/α-hetero) is 1. The summed E-state index contributed by atoms with van der Waals surface area (Å²) in [6, 6.07) is 7.82. The van der Waals surface area contributed by atoms with Crippen molar-refractivity contribution in [2.24, 2.45) is 5.41 Å². The zero-order chi connectivity index (χ0) is 22.5. The number of amides is 1. The average molecular weight is 412 g/mol. The van der Waals surface area contributed by atoms with Crippen LogP contribution in [0.3, 0.4) is 0 Å². The number of ketones is 1. The third-order valence-corrected chi connectivity index (χ3v) is 4.48. The Morgan fingerprint density at radius 3 is 2.60 bits per heavy atom. The minimum atomic E-state index is -0.728. The molecular weight excluding hydrogens is 388 g/mol. The molecule has 0 atom stereocenters. The van der Waals surface area contributed by atoms with Gasteiger partial charge < -0.3 is 9.84 Å². The summed E-state index contributed by atoms with van der Waals surface area (Å²) in [5.41, 5.74) is 0.296. The second kappa shape index (κ2) is 9.33. The summed E-state index contributed by atoms with van der Waals surface area (Å²) >= 11 is 0. The van der Waals surface area contributed by atoms with Crippen LogP contribution in [0.15, 0.2) is 29.1 Å². The molecule has 0 radical (unpaired) electrons. The van der Waals surface area contributed by atoms with Gasteiger partial charge in [0, 0.05) is 24.7 Å². The van der Waals surface area contributed by atoms with E-state index in [2.05, 4.69) is 15.0 Å². The lowest BCUT2D eigenvalue weighted by Gasteiger charge is -2.21. The van der Waals surface area contributed by atoms with Crippen LogP contribution in [-0.4, -0.2) is 40.3 Å². The lowest BCUT2D eigenvalue weighted by Crippen LogP contribution is -2.30. The van der Waals surface area contributed by atoms with Gasteiger partial charge in [0.15, 0.2) is 5.78 Å². The largest absolute Gasteiger partial charge is 0.453 e. The molecule has 2 rings (SSSR count). The fourth-order valence-electron chi connectivity index (χ4n) is 2.88. The van der Waals surface area contributed by atoms with E-state index < -0.39 is 17.1 Å². The Morgan fingerprint density at radius 2 is 2.03 bits per heavy atom. The summed E-state index contributed by atoms with van der Waals surface area (Å²) in [6.07, 6.45) is -0.603. The molecule has 0 bridgehead atoms. The normalized spacial score (nSPS) is 10.9. The van der Waals surface area contributed by atoms with Crippen LogP contribution in [0.2, 0.25) is 0 Å². The van der Waals surface area contributed by atoms with E-state index in [-0.39, 0.29) is 36.7 Å². The first-order valence-electron chi connectivity index (χ1n) is 9.20. The third-order valence-electron chi connectivity index (χ3n) is 4.48. The SMILES string of the molecule is COC(=O)Nc1cc(C#N)ccc1-c1cc(=O)n(CC(=O)CC(C)(C)CO)c(C)n1. The van der Waals surface area contributed by atoms with Gasteiger partial charge in [0.1, 0.15) is 5.82 Å². The van der Waals surface area contributed by atoms with E-state index in [0.29, 0.717) is 17.0 Å². The highest BCUT2D eigenvalue weighted by atomic mass is 16.5. The summed E-state index contributed by atoms with van der Waals surface area (Å²) in [7, 11) is 1.21. The van der Waals surface area contributed by atoms with Crippen LogP contribution in [0.1, 0.15) is 31.7 Å². The van der Waals surface area contributed by atoms with Gasteiger partial charge in [-0.15, -0.1) is 0 Å². The molecule has 2 aromatic rings. The molecule has 1 aromatic heterocycles. The maximum Gasteiger partial charge on any atom is 0.411 e. The van der Waals surface area contributed by atoms with Crippen LogP contribution in [0, 0.1) is 23.7 Å². The number of rotatable bonds is 7. The van der Waals surface area contributed by atoms with E-state index in [1.165, 1.54) is 23.8 Å². The molecule has 0 aliphatic rings. The fraction of sp³-hybridized carbons (Fsp3) is 0.381. The molecule has 9 heteroatoms. The van der Waals surface area contributed by atoms with Gasteiger partial charge in [-0.3, -0.25) is 19.5 Å². The summed E-state index contributed by atoms with van der Waals surface area (Å²) in [6.45, 7) is 4.85. The number of benzene rings is 1. The summed E-state index contributed by atoms with van der Waals surface area (Å²) in [5, 5.41) is 21.0. The zero-order valence-electron chi connectivity index (χ0n) is 17.4. The summed E-state index contributed by atoms with van der Waals surface area (Å²) in [5.74, 6) is 0.126. The van der Waals surface area contributed by atoms with Crippen LogP contribution < -0.4 is 10.9 Å². The molecular formula is C21H24N4O5. The van der Waals surface area contributed by atoms with Gasteiger partial charge in [-0.1, -0.05) is 13.8 Å². The topological polar surface area (TPSA) is 134 Å². The number of nitriles is 1. The molecule has 0 unspecified atom stereocenters. The monoisotopic (exact) mass is 412 g/mol. The highest BCUT2D eigenvalue weighted by molar-refractivity contribution is 5.91. The highest BCUT2D eigenvalue weighted by Crippen LogP contribution is 2.27. The predicted octanol–water partition coefficient (Wildman–Crippen LogP) is 2.25. The second-order valence-electron chi connectivity index (χ2n) is 7.64. The van der Waals surface area contributed by atoms with E-state index in [1.54, 1.807) is 32.9 Å². The van der Waals surface area contributed by atoms with Crippen molar-refractivity contribution in [2.75, 3.05) is 19.0 Å². The Bertz CT molecular complexity index is 1070. The first-order valence-corrected chi connectivity index (χ1v) is 9.20. The van der Waals surface area contributed by atoms with Crippen molar-refractivity contribution in [3.63, 3.8) is 0 Å². The average Bonchev–Trinajstić information content (AvgIpc) is 2.70. The van der Waals surface area contributed by atoms with Gasteiger partial charge in [0.2, 0.25) is 0 Å². The quantitative estimate of drug-likeness (QED) is 0.712. The summed E-state index contributed by atoms with van der Waals surface area (Å²) < 4.78 is 5.86. The van der Waals surface area contributed by atoms with Crippen molar-refractivity contribution in [3.8, 4) is 17.3 Å². The Kier molecular flexibility index (Phi) is 7.08. The van der Waals surface area contributed by atoms with Gasteiger partial charge in [-0.2, -0.15) is 5.26 Å². The fourth-order valence-corrected chi connectivity index (χ4v) is 2.88. The molecule has 2 N–H and O–H groups in total. The minimum Gasteiger partial charge on any atom is -0.453 e. The lowest BCUT2D eigenvalue weighted by atomic mass is 9.88. The molecule has 30 heavy (non-hydrogen) atoms. The van der Waals surface area contributed by atoms with E-state index >= 15 is 0 Å². The van der Waals surface area contributed by atoms with Gasteiger partial charge in [0.25, 0.3) is 5.56 Å². The predicted molar refractivity (Wildman–Crippen MR) is 110 cm³/mol. The van der Waals surface area contributed by atoms with Gasteiger partial charge in [0.05, 0.1) is 36.7 Å². The number of carbonyl (C=O) groups is 2. The number of nitrogens with one attached hydrogen (secondary N) is 1. The molecule has 1 heterocycles. The smallest absolute Gasteiger partial charge is 0.411 e. The molecule has 1 aromatic carbocycles. The first-order chi connectivity index (χ1) is 14.1. The van der Waals surface area contributed by atoms with Gasteiger partial charge in [-0.25, -0.2) is 9.78 Å². The number of hydrogen-bond donors (Lipinski definition) is 2. The minimum absolute atomic E-state index is 0.125. The van der Waals surface area contributed by atoms with E-state index in [4.69, 9.17) is 5.26 Å². The zero-order valence-corrected chi connectivity index (χ0v) is 17.4. The van der Waals surface area contributed by atoms with Crippen molar-refractivity contribution in [1.82, 2.24) is 9.55 Å². The summed E-state index contributed by atoms with van der Waals surface area (Å²) in [4.78, 5) is 41.1. The Hall–Kier alpha value is -3.51. The van der Waals surface area contributed by atoms with Crippen molar-refractivity contribution >= 4 is 17.6 Å². The number of aliphatic hydroxyl groups excluding tert-OH is 1. The molecule has 1 amide bonds. The van der Waals surface area contributed by atoms with Crippen LogP contribution >= 0.6 is 0 Å². The number of methoxy groups -OCH3 is 1. The molecule has 0 aliphatic heterocycles. The van der Waals surface area contributed by atoms with E-state index in [1.807, 2.05) is 6.07 Å². The van der Waals surface area contributed by atoms with Crippen molar-refractivity contribution in [1.29, 1.82) is 5.26 Å². The number of ether oxygens (including phenoxy) is 1. The molecule has 158 valence electrons. The number of aryl methyl sites for hydroxylation is 1. The number of carbonyl (C=O) groups excluding carboxylic acids is 2. The first kappa shape index (κ1) is 22.8. The molecule has 0 spiro atoms. The second-order valence-corrected chi connectivity index (χ2v) is 7.64. The van der Waals surface area contributed by atoms with Crippen LogP contribution in [-0.2, 0) is 16.1 Å². The number of aliphatic hydroxyl groups is 1.